The van der Waals surface area contributed by atoms with E-state index in [2.05, 4.69) is 0 Å². The molecule has 1 saturated heterocycles. The minimum atomic E-state index is -1.39. The van der Waals surface area contributed by atoms with Crippen molar-refractivity contribution in [3.8, 4) is 0 Å². The average Bonchev–Trinajstić information content (AvgIpc) is 3.42. The third-order valence-corrected chi connectivity index (χ3v) is 7.30. The highest BCUT2D eigenvalue weighted by Gasteiger charge is 2.61. The molecule has 1 aromatic carbocycles. The van der Waals surface area contributed by atoms with E-state index in [1.807, 2.05) is 0 Å². The van der Waals surface area contributed by atoms with Gasteiger partial charge in [0.1, 0.15) is 17.7 Å². The lowest BCUT2D eigenvalue weighted by molar-refractivity contribution is -0.205. The maximum absolute atomic E-state index is 14.6. The van der Waals surface area contributed by atoms with Gasteiger partial charge in [0, 0.05) is 35.3 Å². The van der Waals surface area contributed by atoms with Crippen molar-refractivity contribution in [1.82, 2.24) is 0 Å². The number of rotatable bonds is 7. The Hall–Kier alpha value is -1.18. The van der Waals surface area contributed by atoms with Gasteiger partial charge in [-0.05, 0) is 52.0 Å². The second-order valence-corrected chi connectivity index (χ2v) is 9.86. The molecule has 3 unspecified atom stereocenters. The molecule has 1 aliphatic heterocycles. The molecule has 0 bridgehead atoms. The van der Waals surface area contributed by atoms with Gasteiger partial charge in [-0.15, -0.1) is 0 Å². The van der Waals surface area contributed by atoms with Gasteiger partial charge in [0.25, 0.3) is 0 Å². The maximum atomic E-state index is 14.6. The summed E-state index contributed by atoms with van der Waals surface area (Å²) in [6.07, 6.45) is 3.61. The summed E-state index contributed by atoms with van der Waals surface area (Å²) in [5.41, 5.74) is -0.816. The molecule has 4 nitrogen and oxygen atoms in total. The van der Waals surface area contributed by atoms with E-state index < -0.39 is 45.0 Å². The van der Waals surface area contributed by atoms with Crippen LogP contribution in [0.3, 0.4) is 0 Å². The summed E-state index contributed by atoms with van der Waals surface area (Å²) in [7, 11) is -1.39. The minimum absolute atomic E-state index is 0.147. The minimum Gasteiger partial charge on any atom is -0.353 e. The van der Waals surface area contributed by atoms with Crippen molar-refractivity contribution in [2.75, 3.05) is 12.9 Å². The molecule has 0 amide bonds. The van der Waals surface area contributed by atoms with Crippen LogP contribution in [-0.2, 0) is 25.1 Å². The first-order chi connectivity index (χ1) is 12.7. The van der Waals surface area contributed by atoms with Crippen molar-refractivity contribution >= 4 is 16.6 Å². The first kappa shape index (κ1) is 20.6. The largest absolute Gasteiger partial charge is 0.353 e. The third-order valence-electron chi connectivity index (χ3n) is 5.68. The molecule has 0 N–H and O–H groups in total. The maximum Gasteiger partial charge on any atom is 0.159 e. The number of hydrogen-bond donors (Lipinski definition) is 0. The zero-order chi connectivity index (χ0) is 19.8. The van der Waals surface area contributed by atoms with Crippen LogP contribution in [0.5, 0.6) is 0 Å². The lowest BCUT2D eigenvalue weighted by atomic mass is 9.83. The molecule has 3 atom stereocenters. The molecule has 7 heteroatoms. The fourth-order valence-corrected chi connectivity index (χ4v) is 4.12. The highest BCUT2D eigenvalue weighted by Crippen LogP contribution is 2.60. The Kier molecular flexibility index (Phi) is 5.85. The molecular weight excluding hydrogens is 374 g/mol. The normalized spacial score (nSPS) is 24.3. The van der Waals surface area contributed by atoms with Gasteiger partial charge in [0.15, 0.2) is 12.1 Å². The van der Waals surface area contributed by atoms with E-state index in [0.717, 1.165) is 18.9 Å². The monoisotopic (exact) mass is 400 g/mol. The molecular formula is C20H26F2O4S. The Morgan fingerprint density at radius 3 is 2.56 bits per heavy atom. The van der Waals surface area contributed by atoms with Gasteiger partial charge in [-0.1, -0.05) is 6.07 Å². The van der Waals surface area contributed by atoms with Crippen LogP contribution < -0.4 is 0 Å². The van der Waals surface area contributed by atoms with Crippen molar-refractivity contribution in [2.24, 2.45) is 5.41 Å². The van der Waals surface area contributed by atoms with E-state index in [-0.39, 0.29) is 11.3 Å². The summed E-state index contributed by atoms with van der Waals surface area (Å²) < 4.78 is 50.8. The summed E-state index contributed by atoms with van der Waals surface area (Å²) >= 11 is 0. The van der Waals surface area contributed by atoms with E-state index in [0.29, 0.717) is 25.9 Å². The van der Waals surface area contributed by atoms with Gasteiger partial charge in [0.05, 0.1) is 10.2 Å². The van der Waals surface area contributed by atoms with Crippen molar-refractivity contribution in [1.29, 1.82) is 0 Å². The second-order valence-electron chi connectivity index (χ2n) is 7.93. The Morgan fingerprint density at radius 2 is 2.04 bits per heavy atom. The van der Waals surface area contributed by atoms with Crippen LogP contribution in [0.1, 0.15) is 57.6 Å². The molecule has 1 saturated carbocycles. The molecule has 3 rings (SSSR count). The van der Waals surface area contributed by atoms with Crippen LogP contribution in [0.2, 0.25) is 0 Å². The van der Waals surface area contributed by atoms with E-state index in [1.165, 1.54) is 18.4 Å². The zero-order valence-electron chi connectivity index (χ0n) is 15.9. The van der Waals surface area contributed by atoms with E-state index in [9.17, 15) is 17.8 Å². The zero-order valence-corrected chi connectivity index (χ0v) is 16.7. The highest BCUT2D eigenvalue weighted by molar-refractivity contribution is 7.86. The number of halogens is 2. The average molecular weight is 400 g/mol. The Balaban J connectivity index is 1.98. The fraction of sp³-hybridized carbons (Fsp3) is 0.650. The van der Waals surface area contributed by atoms with E-state index in [1.54, 1.807) is 13.8 Å². The van der Waals surface area contributed by atoms with Crippen molar-refractivity contribution in [3.63, 3.8) is 0 Å². The van der Waals surface area contributed by atoms with Crippen molar-refractivity contribution in [2.45, 2.75) is 63.1 Å². The first-order valence-corrected chi connectivity index (χ1v) is 10.8. The van der Waals surface area contributed by atoms with Gasteiger partial charge in [-0.3, -0.25) is 9.00 Å². The molecule has 150 valence electrons. The number of benzene rings is 1. The summed E-state index contributed by atoms with van der Waals surface area (Å²) in [5.74, 6) is -1.64. The van der Waals surface area contributed by atoms with Crippen LogP contribution in [0.4, 0.5) is 8.78 Å². The molecule has 0 radical (unpaired) electrons. The van der Waals surface area contributed by atoms with Crippen LogP contribution in [-0.4, -0.2) is 33.9 Å². The molecule has 2 fully saturated rings. The number of ketones is 1. The van der Waals surface area contributed by atoms with Crippen molar-refractivity contribution < 1.29 is 27.3 Å². The molecule has 0 spiro atoms. The Morgan fingerprint density at radius 1 is 1.33 bits per heavy atom. The summed E-state index contributed by atoms with van der Waals surface area (Å²) in [4.78, 5) is 13.3. The Labute approximate surface area is 161 Å². The summed E-state index contributed by atoms with van der Waals surface area (Å²) in [6, 6.07) is 3.30. The number of hydrogen-bond acceptors (Lipinski definition) is 4. The molecule has 0 aromatic heterocycles. The van der Waals surface area contributed by atoms with Gasteiger partial charge >= 0.3 is 0 Å². The van der Waals surface area contributed by atoms with Gasteiger partial charge in [-0.2, -0.15) is 0 Å². The van der Waals surface area contributed by atoms with Crippen LogP contribution >= 0.6 is 0 Å². The highest BCUT2D eigenvalue weighted by atomic mass is 32.2. The number of carbonyl (C=O) groups is 1. The topological polar surface area (TPSA) is 52.6 Å². The molecule has 1 aliphatic carbocycles. The Bertz CT molecular complexity index is 739. The van der Waals surface area contributed by atoms with Gasteiger partial charge in [0.2, 0.25) is 0 Å². The molecule has 2 aliphatic rings. The quantitative estimate of drug-likeness (QED) is 0.693. The van der Waals surface area contributed by atoms with Crippen molar-refractivity contribution in [3.05, 3.63) is 35.4 Å². The number of ether oxygens (including phenoxy) is 2. The smallest absolute Gasteiger partial charge is 0.159 e. The fourth-order valence-electron chi connectivity index (χ4n) is 3.66. The number of Topliss-reactive ketones (excluding diaryl/α,β-unsaturated/α-hetero) is 1. The van der Waals surface area contributed by atoms with Gasteiger partial charge < -0.3 is 9.47 Å². The molecule has 1 aromatic rings. The second kappa shape index (κ2) is 7.68. The van der Waals surface area contributed by atoms with E-state index in [4.69, 9.17) is 9.47 Å². The van der Waals surface area contributed by atoms with Crippen LogP contribution in [0.25, 0.3) is 0 Å². The van der Waals surface area contributed by atoms with Crippen LogP contribution in [0, 0.1) is 17.0 Å². The van der Waals surface area contributed by atoms with Crippen LogP contribution in [0.15, 0.2) is 18.2 Å². The standard InChI is InChI=1S/C20H26F2O4S/c1-19(2,27(3)24)18(23)20(9-10-20)17(26-16-6-4-5-11-25-16)14-8-7-13(21)12-15(14)22/h7-8,12,16-17H,4-6,9-11H2,1-3H3. The van der Waals surface area contributed by atoms with Gasteiger partial charge in [-0.25, -0.2) is 8.78 Å². The lowest BCUT2D eigenvalue weighted by Gasteiger charge is -2.35. The molecule has 1 heterocycles. The third kappa shape index (κ3) is 4.00. The molecule has 27 heavy (non-hydrogen) atoms. The predicted octanol–water partition coefficient (Wildman–Crippen LogP) is 4.06. The summed E-state index contributed by atoms with van der Waals surface area (Å²) in [5, 5.41) is 0. The number of carbonyl (C=O) groups excluding carboxylic acids is 1. The predicted molar refractivity (Wildman–Crippen MR) is 98.6 cm³/mol. The lowest BCUT2D eigenvalue weighted by Crippen LogP contribution is -2.45. The SMILES string of the molecule is CS(=O)C(C)(C)C(=O)C1(C(OC2CCCCO2)c2ccc(F)cc2F)CC1. The van der Waals surface area contributed by atoms with E-state index >= 15 is 0 Å². The summed E-state index contributed by atoms with van der Waals surface area (Å²) in [6.45, 7) is 3.83. The first-order valence-electron chi connectivity index (χ1n) is 9.29.